The number of pyridine rings is 1. The van der Waals surface area contributed by atoms with Gasteiger partial charge in [-0.2, -0.15) is 0 Å². The fourth-order valence-corrected chi connectivity index (χ4v) is 2.36. The van der Waals surface area contributed by atoms with E-state index in [1.54, 1.807) is 0 Å². The van der Waals surface area contributed by atoms with Crippen LogP contribution in [0.5, 0.6) is 0 Å². The molecule has 4 heteroatoms. The lowest BCUT2D eigenvalue weighted by atomic mass is 10.1. The molecule has 2 heterocycles. The van der Waals surface area contributed by atoms with Gasteiger partial charge in [0.1, 0.15) is 5.82 Å². The summed E-state index contributed by atoms with van der Waals surface area (Å²) in [5.41, 5.74) is 0.594. The average Bonchev–Trinajstić information content (AvgIpc) is 2.51. The third-order valence-electron chi connectivity index (χ3n) is 2.82. The van der Waals surface area contributed by atoms with Crippen molar-refractivity contribution in [2.45, 2.75) is 25.9 Å². The molecule has 2 rings (SSSR count). The largest absolute Gasteiger partial charge is 0.388 e. The highest BCUT2D eigenvalue weighted by Gasteiger charge is 2.32. The zero-order chi connectivity index (χ0) is 11.1. The number of hydrogen-bond acceptors (Lipinski definition) is 3. The predicted octanol–water partition coefficient (Wildman–Crippen LogP) is 2.11. The van der Waals surface area contributed by atoms with Crippen molar-refractivity contribution in [3.63, 3.8) is 0 Å². The molecular formula is C11H15BrN2O. The maximum Gasteiger partial charge on any atom is 0.143 e. The highest BCUT2D eigenvalue weighted by atomic mass is 79.9. The number of rotatable bonds is 1. The molecule has 1 aromatic heterocycles. The van der Waals surface area contributed by atoms with Gasteiger partial charge in [-0.1, -0.05) is 0 Å². The Balaban J connectivity index is 2.28. The Kier molecular flexibility index (Phi) is 2.73. The van der Waals surface area contributed by atoms with Crippen molar-refractivity contribution >= 4 is 21.7 Å². The van der Waals surface area contributed by atoms with Crippen LogP contribution in [-0.2, 0) is 0 Å². The first-order valence-electron chi connectivity index (χ1n) is 5.08. The van der Waals surface area contributed by atoms with Gasteiger partial charge in [-0.15, -0.1) is 0 Å². The van der Waals surface area contributed by atoms with Crippen LogP contribution >= 0.6 is 15.9 Å². The third kappa shape index (κ3) is 2.16. The molecule has 1 aliphatic rings. The van der Waals surface area contributed by atoms with Gasteiger partial charge >= 0.3 is 0 Å². The fourth-order valence-electron chi connectivity index (χ4n) is 1.87. The maximum atomic E-state index is 9.90. The molecule has 0 aliphatic carbocycles. The van der Waals surface area contributed by atoms with E-state index in [0.717, 1.165) is 23.3 Å². The Labute approximate surface area is 98.3 Å². The third-order valence-corrected chi connectivity index (χ3v) is 3.80. The molecule has 3 nitrogen and oxygen atoms in total. The lowest BCUT2D eigenvalue weighted by molar-refractivity contribution is 0.0839. The summed E-state index contributed by atoms with van der Waals surface area (Å²) in [4.78, 5) is 6.48. The Morgan fingerprint density at radius 2 is 2.33 bits per heavy atom. The molecule has 1 fully saturated rings. The molecule has 1 saturated heterocycles. The molecule has 0 bridgehead atoms. The SMILES string of the molecule is Cc1ccnc(N2CCC(C)(O)C2)c1Br. The highest BCUT2D eigenvalue weighted by molar-refractivity contribution is 9.10. The van der Waals surface area contributed by atoms with Gasteiger partial charge in [-0.3, -0.25) is 0 Å². The molecule has 82 valence electrons. The maximum absolute atomic E-state index is 9.90. The van der Waals surface area contributed by atoms with Crippen molar-refractivity contribution in [1.82, 2.24) is 4.98 Å². The smallest absolute Gasteiger partial charge is 0.143 e. The predicted molar refractivity (Wildman–Crippen MR) is 64.1 cm³/mol. The molecule has 15 heavy (non-hydrogen) atoms. The first-order valence-corrected chi connectivity index (χ1v) is 5.87. The van der Waals surface area contributed by atoms with E-state index in [4.69, 9.17) is 0 Å². The summed E-state index contributed by atoms with van der Waals surface area (Å²) in [6.07, 6.45) is 2.61. The second kappa shape index (κ2) is 3.76. The molecule has 1 aliphatic heterocycles. The van der Waals surface area contributed by atoms with Gasteiger partial charge in [0, 0.05) is 19.3 Å². The van der Waals surface area contributed by atoms with Crippen molar-refractivity contribution in [3.05, 3.63) is 22.3 Å². The Hall–Kier alpha value is -0.610. The van der Waals surface area contributed by atoms with Crippen molar-refractivity contribution in [2.24, 2.45) is 0 Å². The van der Waals surface area contributed by atoms with Gasteiger partial charge < -0.3 is 10.0 Å². The van der Waals surface area contributed by atoms with Crippen LogP contribution in [0.15, 0.2) is 16.7 Å². The van der Waals surface area contributed by atoms with E-state index in [2.05, 4.69) is 25.8 Å². The zero-order valence-corrected chi connectivity index (χ0v) is 10.6. The summed E-state index contributed by atoms with van der Waals surface area (Å²) in [7, 11) is 0. The van der Waals surface area contributed by atoms with Gasteiger partial charge in [-0.05, 0) is 47.8 Å². The fraction of sp³-hybridized carbons (Fsp3) is 0.545. The van der Waals surface area contributed by atoms with E-state index in [1.807, 2.05) is 26.1 Å². The summed E-state index contributed by atoms with van der Waals surface area (Å²) in [6, 6.07) is 1.97. The van der Waals surface area contributed by atoms with Crippen molar-refractivity contribution in [1.29, 1.82) is 0 Å². The van der Waals surface area contributed by atoms with Crippen molar-refractivity contribution < 1.29 is 5.11 Å². The number of hydrogen-bond donors (Lipinski definition) is 1. The molecular weight excluding hydrogens is 256 g/mol. The van der Waals surface area contributed by atoms with Crippen molar-refractivity contribution in [3.8, 4) is 0 Å². The summed E-state index contributed by atoms with van der Waals surface area (Å²) in [5, 5.41) is 9.90. The number of halogens is 1. The van der Waals surface area contributed by atoms with Crippen LogP contribution in [0.1, 0.15) is 18.9 Å². The van der Waals surface area contributed by atoms with Gasteiger partial charge in [0.15, 0.2) is 0 Å². The molecule has 1 N–H and O–H groups in total. The van der Waals surface area contributed by atoms with E-state index < -0.39 is 5.60 Å². The van der Waals surface area contributed by atoms with Crippen molar-refractivity contribution in [2.75, 3.05) is 18.0 Å². The normalized spacial score (nSPS) is 26.0. The molecule has 0 radical (unpaired) electrons. The van der Waals surface area contributed by atoms with Crippen LogP contribution in [0.3, 0.4) is 0 Å². The van der Waals surface area contributed by atoms with E-state index in [-0.39, 0.29) is 0 Å². The number of anilines is 1. The van der Waals surface area contributed by atoms with Gasteiger partial charge in [0.05, 0.1) is 10.1 Å². The second-order valence-corrected chi connectivity index (χ2v) is 5.23. The monoisotopic (exact) mass is 270 g/mol. The summed E-state index contributed by atoms with van der Waals surface area (Å²) >= 11 is 3.54. The molecule has 0 saturated carbocycles. The van der Waals surface area contributed by atoms with E-state index >= 15 is 0 Å². The van der Waals surface area contributed by atoms with E-state index in [1.165, 1.54) is 5.56 Å². The topological polar surface area (TPSA) is 36.4 Å². The van der Waals surface area contributed by atoms with Crippen LogP contribution in [0.25, 0.3) is 0 Å². The summed E-state index contributed by atoms with van der Waals surface area (Å²) in [5.74, 6) is 0.938. The number of aromatic nitrogens is 1. The second-order valence-electron chi connectivity index (χ2n) is 4.43. The minimum Gasteiger partial charge on any atom is -0.388 e. The van der Waals surface area contributed by atoms with Crippen LogP contribution in [0, 0.1) is 6.92 Å². The summed E-state index contributed by atoms with van der Waals surface area (Å²) in [6.45, 7) is 5.43. The number of nitrogens with zero attached hydrogens (tertiary/aromatic N) is 2. The highest BCUT2D eigenvalue weighted by Crippen LogP contribution is 2.31. The Bertz CT molecular complexity index is 379. The van der Waals surface area contributed by atoms with Gasteiger partial charge in [-0.25, -0.2) is 4.98 Å². The molecule has 0 aromatic carbocycles. The first kappa shape index (κ1) is 10.9. The average molecular weight is 271 g/mol. The zero-order valence-electron chi connectivity index (χ0n) is 9.00. The molecule has 1 atom stereocenters. The number of aliphatic hydroxyl groups is 1. The standard InChI is InChI=1S/C11H15BrN2O/c1-8-3-5-13-10(9(8)12)14-6-4-11(2,15)7-14/h3,5,15H,4,6-7H2,1-2H3. The van der Waals surface area contributed by atoms with Crippen LogP contribution < -0.4 is 4.90 Å². The van der Waals surface area contributed by atoms with E-state index in [0.29, 0.717) is 6.54 Å². The van der Waals surface area contributed by atoms with Crippen LogP contribution in [0.4, 0.5) is 5.82 Å². The summed E-state index contributed by atoms with van der Waals surface area (Å²) < 4.78 is 1.03. The molecule has 0 spiro atoms. The quantitative estimate of drug-likeness (QED) is 0.850. The van der Waals surface area contributed by atoms with Gasteiger partial charge in [0.25, 0.3) is 0 Å². The van der Waals surface area contributed by atoms with Crippen LogP contribution in [0.2, 0.25) is 0 Å². The Morgan fingerprint density at radius 1 is 1.60 bits per heavy atom. The molecule has 1 unspecified atom stereocenters. The lowest BCUT2D eigenvalue weighted by Gasteiger charge is -2.21. The molecule has 1 aromatic rings. The number of aryl methyl sites for hydroxylation is 1. The minimum atomic E-state index is -0.579. The van der Waals surface area contributed by atoms with Crippen LogP contribution in [-0.4, -0.2) is 28.8 Å². The first-order chi connectivity index (χ1) is 6.99. The van der Waals surface area contributed by atoms with Gasteiger partial charge in [0.2, 0.25) is 0 Å². The lowest BCUT2D eigenvalue weighted by Crippen LogP contribution is -2.30. The minimum absolute atomic E-state index is 0.579. The number of β-amino-alcohol motifs (C(OH)–C–C–N with tert-alkyl or cyclic N) is 1. The Morgan fingerprint density at radius 3 is 2.93 bits per heavy atom. The van der Waals surface area contributed by atoms with E-state index in [9.17, 15) is 5.11 Å². The molecule has 0 amide bonds.